The second-order valence-electron chi connectivity index (χ2n) is 15.0. The number of hydrogen-bond acceptors (Lipinski definition) is 3. The summed E-state index contributed by atoms with van der Waals surface area (Å²) in [6, 6.07) is 0. The number of unbranched alkanes of at least 4 members (excludes halogenated alkanes) is 21. The highest BCUT2D eigenvalue weighted by Gasteiger charge is 2.23. The Labute approximate surface area is 272 Å². The molecule has 3 nitrogen and oxygen atoms in total. The Bertz CT molecular complexity index is 555. The Kier molecular flexibility index (Phi) is 32.2. The van der Waals surface area contributed by atoms with E-state index in [1.54, 1.807) is 0 Å². The minimum absolute atomic E-state index is 0.596. The van der Waals surface area contributed by atoms with Crippen molar-refractivity contribution in [2.24, 2.45) is 17.8 Å². The van der Waals surface area contributed by atoms with E-state index in [-0.39, 0.29) is 0 Å². The zero-order valence-corrected chi connectivity index (χ0v) is 31.5. The molecule has 0 spiro atoms. The molecule has 0 aromatic heterocycles. The van der Waals surface area contributed by atoms with Crippen molar-refractivity contribution < 1.29 is 13.6 Å². The molecule has 0 aliphatic rings. The molecule has 0 aromatic rings. The normalized spacial score (nSPS) is 12.4. The molecule has 0 fully saturated rings. The summed E-state index contributed by atoms with van der Waals surface area (Å²) in [5.41, 5.74) is 0. The van der Waals surface area contributed by atoms with Crippen LogP contribution in [0.5, 0.6) is 0 Å². The average Bonchev–Trinajstić information content (AvgIpc) is 2.95. The van der Waals surface area contributed by atoms with Crippen LogP contribution in [0.25, 0.3) is 0 Å². The molecule has 0 atom stereocenters. The van der Waals surface area contributed by atoms with E-state index in [1.807, 2.05) is 0 Å². The fourth-order valence-electron chi connectivity index (χ4n) is 5.92. The van der Waals surface area contributed by atoms with Crippen LogP contribution in [0, 0.1) is 17.8 Å². The van der Waals surface area contributed by atoms with Gasteiger partial charge in [0.1, 0.15) is 0 Å². The maximum absolute atomic E-state index is 13.6. The van der Waals surface area contributed by atoms with Crippen molar-refractivity contribution in [1.82, 2.24) is 0 Å². The molecule has 260 valence electrons. The molecule has 0 amide bonds. The van der Waals surface area contributed by atoms with Crippen LogP contribution in [0.2, 0.25) is 0 Å². The van der Waals surface area contributed by atoms with Crippen LogP contribution in [0.3, 0.4) is 0 Å². The maximum Gasteiger partial charge on any atom is 0.330 e. The molecular formula is C39H81O3P. The largest absolute Gasteiger partial charge is 0.330 e. The third-order valence-corrected chi connectivity index (χ3v) is 10.9. The molecule has 0 rings (SSSR count). The third-order valence-electron chi connectivity index (χ3n) is 8.89. The van der Waals surface area contributed by atoms with Gasteiger partial charge in [-0.1, -0.05) is 196 Å². The van der Waals surface area contributed by atoms with E-state index in [9.17, 15) is 4.57 Å². The molecule has 0 saturated heterocycles. The van der Waals surface area contributed by atoms with Crippen molar-refractivity contribution in [3.05, 3.63) is 0 Å². The van der Waals surface area contributed by atoms with Gasteiger partial charge in [-0.15, -0.1) is 0 Å². The lowest BCUT2D eigenvalue weighted by molar-refractivity contribution is 0.197. The van der Waals surface area contributed by atoms with Gasteiger partial charge in [0.15, 0.2) is 0 Å². The first-order chi connectivity index (χ1) is 20.7. The topological polar surface area (TPSA) is 35.5 Å². The van der Waals surface area contributed by atoms with E-state index in [0.717, 1.165) is 43.4 Å². The van der Waals surface area contributed by atoms with E-state index in [0.29, 0.717) is 19.4 Å². The minimum atomic E-state index is -2.96. The molecule has 0 aliphatic heterocycles. The predicted molar refractivity (Wildman–Crippen MR) is 194 cm³/mol. The lowest BCUT2D eigenvalue weighted by Gasteiger charge is -2.19. The van der Waals surface area contributed by atoms with Gasteiger partial charge >= 0.3 is 7.60 Å². The summed E-state index contributed by atoms with van der Waals surface area (Å²) in [4.78, 5) is 0. The van der Waals surface area contributed by atoms with Crippen molar-refractivity contribution in [2.75, 3.05) is 19.4 Å². The monoisotopic (exact) mass is 629 g/mol. The Balaban J connectivity index is 4.11. The quantitative estimate of drug-likeness (QED) is 0.0517. The first kappa shape index (κ1) is 43.1. The maximum atomic E-state index is 13.6. The van der Waals surface area contributed by atoms with Crippen molar-refractivity contribution >= 4 is 7.60 Å². The van der Waals surface area contributed by atoms with Crippen LogP contribution in [0.4, 0.5) is 0 Å². The van der Waals surface area contributed by atoms with E-state index in [4.69, 9.17) is 9.05 Å². The van der Waals surface area contributed by atoms with Gasteiger partial charge in [0.05, 0.1) is 19.4 Å². The molecule has 0 unspecified atom stereocenters. The van der Waals surface area contributed by atoms with E-state index in [2.05, 4.69) is 41.5 Å². The van der Waals surface area contributed by atoms with E-state index >= 15 is 0 Å². The van der Waals surface area contributed by atoms with Gasteiger partial charge < -0.3 is 9.05 Å². The molecule has 0 aliphatic carbocycles. The zero-order chi connectivity index (χ0) is 31.9. The van der Waals surface area contributed by atoms with Gasteiger partial charge in [-0.3, -0.25) is 4.57 Å². The second-order valence-corrected chi connectivity index (χ2v) is 17.2. The molecule has 43 heavy (non-hydrogen) atoms. The lowest BCUT2D eigenvalue weighted by atomic mass is 10.0. The highest BCUT2D eigenvalue weighted by Crippen LogP contribution is 2.49. The highest BCUT2D eigenvalue weighted by atomic mass is 31.2. The molecule has 0 N–H and O–H groups in total. The molecular weight excluding hydrogens is 547 g/mol. The summed E-state index contributed by atoms with van der Waals surface area (Å²) >= 11 is 0. The van der Waals surface area contributed by atoms with Crippen LogP contribution in [0.1, 0.15) is 215 Å². The summed E-state index contributed by atoms with van der Waals surface area (Å²) in [5.74, 6) is 2.52. The van der Waals surface area contributed by atoms with Gasteiger partial charge in [0.25, 0.3) is 0 Å². The Morgan fingerprint density at radius 3 is 0.860 bits per heavy atom. The summed E-state index contributed by atoms with van der Waals surface area (Å²) in [6.45, 7) is 15.1. The van der Waals surface area contributed by atoms with Crippen molar-refractivity contribution in [2.45, 2.75) is 215 Å². The second kappa shape index (κ2) is 32.1. The minimum Gasteiger partial charge on any atom is -0.309 e. The van der Waals surface area contributed by atoms with Crippen LogP contribution in [0.15, 0.2) is 0 Å². The Morgan fingerprint density at radius 2 is 0.581 bits per heavy atom. The fraction of sp³-hybridized carbons (Fsp3) is 1.00. The Morgan fingerprint density at radius 1 is 0.349 bits per heavy atom. The van der Waals surface area contributed by atoms with Crippen LogP contribution in [-0.4, -0.2) is 19.4 Å². The Hall–Kier alpha value is 0.150. The van der Waals surface area contributed by atoms with Gasteiger partial charge in [-0.2, -0.15) is 0 Å². The summed E-state index contributed by atoms with van der Waals surface area (Å²) < 4.78 is 25.7. The zero-order valence-electron chi connectivity index (χ0n) is 30.6. The van der Waals surface area contributed by atoms with Crippen molar-refractivity contribution in [1.29, 1.82) is 0 Å². The first-order valence-electron chi connectivity index (χ1n) is 19.6. The molecule has 0 aromatic carbocycles. The molecule has 4 heteroatoms. The van der Waals surface area contributed by atoms with E-state index in [1.165, 1.54) is 148 Å². The molecule has 0 radical (unpaired) electrons. The summed E-state index contributed by atoms with van der Waals surface area (Å²) in [7, 11) is -2.96. The number of rotatable bonds is 35. The standard InChI is InChI=1S/C39H81O3P/c1-37(2)31-25-19-13-7-10-16-22-28-34-41-43(40,36-30-24-18-12-9-15-21-27-33-39(5)6)42-35-29-23-17-11-8-14-20-26-32-38(3)4/h37-39H,7-36H2,1-6H3. The third kappa shape index (κ3) is 34.9. The SMILES string of the molecule is CC(C)CCCCCCCCCCOP(=O)(CCCCCCCCCCC(C)C)OCCCCCCCCCCC(C)C. The van der Waals surface area contributed by atoms with Crippen LogP contribution in [-0.2, 0) is 13.6 Å². The summed E-state index contributed by atoms with van der Waals surface area (Å²) in [5, 5.41) is 0. The average molecular weight is 629 g/mol. The van der Waals surface area contributed by atoms with Gasteiger partial charge in [0, 0.05) is 0 Å². The summed E-state index contributed by atoms with van der Waals surface area (Å²) in [6.07, 6.45) is 35.5. The first-order valence-corrected chi connectivity index (χ1v) is 21.4. The molecule has 0 heterocycles. The number of hydrogen-bond donors (Lipinski definition) is 0. The van der Waals surface area contributed by atoms with Crippen LogP contribution < -0.4 is 0 Å². The van der Waals surface area contributed by atoms with Gasteiger partial charge in [-0.25, -0.2) is 0 Å². The van der Waals surface area contributed by atoms with Gasteiger partial charge in [0.2, 0.25) is 0 Å². The smallest absolute Gasteiger partial charge is 0.309 e. The molecule has 0 bridgehead atoms. The lowest BCUT2D eigenvalue weighted by Crippen LogP contribution is -2.04. The van der Waals surface area contributed by atoms with E-state index < -0.39 is 7.60 Å². The predicted octanol–water partition coefficient (Wildman–Crippen LogP) is 14.7. The molecule has 0 saturated carbocycles. The highest BCUT2D eigenvalue weighted by molar-refractivity contribution is 7.53. The fourth-order valence-corrected chi connectivity index (χ4v) is 7.68. The van der Waals surface area contributed by atoms with Crippen molar-refractivity contribution in [3.63, 3.8) is 0 Å². The van der Waals surface area contributed by atoms with Crippen molar-refractivity contribution in [3.8, 4) is 0 Å². The van der Waals surface area contributed by atoms with Gasteiger partial charge in [-0.05, 0) is 37.0 Å². The van der Waals surface area contributed by atoms with Crippen LogP contribution >= 0.6 is 7.60 Å².